The molecule has 0 radical (unpaired) electrons. The largest absolute Gasteiger partial charge is 0.265 e. The molecule has 0 saturated carbocycles. The van der Waals surface area contributed by atoms with Gasteiger partial charge in [0.15, 0.2) is 0 Å². The van der Waals surface area contributed by atoms with E-state index in [1.54, 1.807) is 24.3 Å². The Morgan fingerprint density at radius 3 is 2.47 bits per heavy atom. The second-order valence-corrected chi connectivity index (χ2v) is 4.62. The van der Waals surface area contributed by atoms with Crippen LogP contribution >= 0.6 is 15.9 Å². The molecular weight excluding hydrogens is 292 g/mol. The van der Waals surface area contributed by atoms with E-state index < -0.39 is 28.4 Å². The Morgan fingerprint density at radius 2 is 2.00 bits per heavy atom. The Balaban J connectivity index is 3.05. The molecule has 2 atom stereocenters. The van der Waals surface area contributed by atoms with Crippen molar-refractivity contribution >= 4 is 15.9 Å². The number of halogens is 1. The summed E-state index contributed by atoms with van der Waals surface area (Å²) in [5, 5.41) is 21.3. The molecule has 6 nitrogen and oxygen atoms in total. The highest BCUT2D eigenvalue weighted by Crippen LogP contribution is 2.24. The molecule has 0 heterocycles. The average molecular weight is 303 g/mol. The van der Waals surface area contributed by atoms with Crippen LogP contribution in [-0.4, -0.2) is 22.4 Å². The minimum absolute atomic E-state index is 0.446. The summed E-state index contributed by atoms with van der Waals surface area (Å²) in [5.74, 6) is -0.725. The van der Waals surface area contributed by atoms with Crippen molar-refractivity contribution in [3.63, 3.8) is 0 Å². The van der Waals surface area contributed by atoms with E-state index in [0.717, 1.165) is 4.47 Å². The van der Waals surface area contributed by atoms with Gasteiger partial charge >= 0.3 is 0 Å². The minimum Gasteiger partial charge on any atom is -0.265 e. The Bertz CT molecular complexity index is 438. The quantitative estimate of drug-likeness (QED) is 0.617. The first-order valence-corrected chi connectivity index (χ1v) is 5.72. The van der Waals surface area contributed by atoms with Crippen LogP contribution in [0.25, 0.3) is 0 Å². The predicted molar refractivity (Wildman–Crippen MR) is 65.2 cm³/mol. The third-order valence-electron chi connectivity index (χ3n) is 2.54. The van der Waals surface area contributed by atoms with Gasteiger partial charge in [-0.3, -0.25) is 20.2 Å². The molecule has 0 aromatic heterocycles. The van der Waals surface area contributed by atoms with Crippen LogP contribution in [0.1, 0.15) is 18.4 Å². The maximum Gasteiger partial charge on any atom is 0.223 e. The number of benzene rings is 1. The van der Waals surface area contributed by atoms with Gasteiger partial charge in [0.2, 0.25) is 12.6 Å². The van der Waals surface area contributed by atoms with Crippen LogP contribution < -0.4 is 0 Å². The van der Waals surface area contributed by atoms with Crippen molar-refractivity contribution in [1.82, 2.24) is 0 Å². The van der Waals surface area contributed by atoms with Gasteiger partial charge in [-0.1, -0.05) is 28.1 Å². The van der Waals surface area contributed by atoms with Crippen LogP contribution in [0.15, 0.2) is 28.7 Å². The first-order chi connectivity index (χ1) is 7.91. The molecule has 0 fully saturated rings. The topological polar surface area (TPSA) is 86.3 Å². The second kappa shape index (κ2) is 5.72. The van der Waals surface area contributed by atoms with E-state index in [1.165, 1.54) is 6.92 Å². The molecule has 1 aromatic carbocycles. The SMILES string of the molecule is C[C@@H]([C@H](C[N+](=O)[O-])c1cccc(Br)c1)[N+](=O)[O-]. The molecule has 1 aromatic rings. The third-order valence-corrected chi connectivity index (χ3v) is 3.03. The average Bonchev–Trinajstić information content (AvgIpc) is 2.24. The summed E-state index contributed by atoms with van der Waals surface area (Å²) in [5.41, 5.74) is 0.597. The van der Waals surface area contributed by atoms with Crippen molar-refractivity contribution in [2.24, 2.45) is 0 Å². The Kier molecular flexibility index (Phi) is 4.56. The molecule has 7 heteroatoms. The fourth-order valence-electron chi connectivity index (χ4n) is 1.58. The lowest BCUT2D eigenvalue weighted by atomic mass is 9.93. The maximum atomic E-state index is 10.8. The molecule has 0 bridgehead atoms. The smallest absolute Gasteiger partial charge is 0.223 e. The van der Waals surface area contributed by atoms with Crippen LogP contribution in [0.2, 0.25) is 0 Å². The van der Waals surface area contributed by atoms with E-state index in [9.17, 15) is 20.2 Å². The second-order valence-electron chi connectivity index (χ2n) is 3.70. The zero-order valence-corrected chi connectivity index (χ0v) is 10.7. The summed E-state index contributed by atoms with van der Waals surface area (Å²) in [6, 6.07) is 5.82. The monoisotopic (exact) mass is 302 g/mol. The van der Waals surface area contributed by atoms with E-state index in [1.807, 2.05) is 0 Å². The highest BCUT2D eigenvalue weighted by molar-refractivity contribution is 9.10. The number of rotatable bonds is 5. The van der Waals surface area contributed by atoms with Crippen LogP contribution in [-0.2, 0) is 0 Å². The van der Waals surface area contributed by atoms with Crippen molar-refractivity contribution in [2.75, 3.05) is 6.54 Å². The summed E-state index contributed by atoms with van der Waals surface area (Å²) in [7, 11) is 0. The lowest BCUT2D eigenvalue weighted by Gasteiger charge is -2.14. The Labute approximate surface area is 106 Å². The first-order valence-electron chi connectivity index (χ1n) is 4.92. The van der Waals surface area contributed by atoms with Crippen LogP contribution in [0.3, 0.4) is 0 Å². The summed E-state index contributed by atoms with van der Waals surface area (Å²) < 4.78 is 0.749. The minimum atomic E-state index is -0.991. The van der Waals surface area contributed by atoms with Gasteiger partial charge in [-0.2, -0.15) is 0 Å². The molecule has 0 aliphatic rings. The van der Waals surface area contributed by atoms with Crippen molar-refractivity contribution in [1.29, 1.82) is 0 Å². The first kappa shape index (κ1) is 13.6. The van der Waals surface area contributed by atoms with Gasteiger partial charge in [-0.05, 0) is 17.7 Å². The predicted octanol–water partition coefficient (Wildman–Crippen LogP) is 2.47. The van der Waals surface area contributed by atoms with Gasteiger partial charge in [0.25, 0.3) is 0 Å². The summed E-state index contributed by atoms with van der Waals surface area (Å²) in [4.78, 5) is 20.3. The van der Waals surface area contributed by atoms with Crippen molar-refractivity contribution in [3.8, 4) is 0 Å². The Morgan fingerprint density at radius 1 is 1.35 bits per heavy atom. The summed E-state index contributed by atoms with van der Waals surface area (Å²) >= 11 is 3.24. The third kappa shape index (κ3) is 3.77. The van der Waals surface area contributed by atoms with Gasteiger partial charge in [0, 0.05) is 21.2 Å². The number of hydrogen-bond acceptors (Lipinski definition) is 4. The molecular formula is C10H11BrN2O4. The van der Waals surface area contributed by atoms with E-state index in [4.69, 9.17) is 0 Å². The van der Waals surface area contributed by atoms with Crippen molar-refractivity contribution < 1.29 is 9.85 Å². The summed E-state index contributed by atoms with van der Waals surface area (Å²) in [6.07, 6.45) is 0. The molecule has 0 aliphatic carbocycles. The van der Waals surface area contributed by atoms with Gasteiger partial charge in [0.05, 0.1) is 0 Å². The summed E-state index contributed by atoms with van der Waals surface area (Å²) in [6.45, 7) is 0.938. The van der Waals surface area contributed by atoms with Gasteiger partial charge < -0.3 is 0 Å². The fourth-order valence-corrected chi connectivity index (χ4v) is 2.00. The van der Waals surface area contributed by atoms with Crippen LogP contribution in [0.5, 0.6) is 0 Å². The highest BCUT2D eigenvalue weighted by atomic mass is 79.9. The molecule has 0 aliphatic heterocycles. The van der Waals surface area contributed by atoms with Gasteiger partial charge in [-0.15, -0.1) is 0 Å². The highest BCUT2D eigenvalue weighted by Gasteiger charge is 2.32. The standard InChI is InChI=1S/C10H11BrN2O4/c1-7(13(16)17)10(6-12(14)15)8-3-2-4-9(11)5-8/h2-5,7,10H,6H2,1H3/t7-,10-/m0/s1. The maximum absolute atomic E-state index is 10.8. The zero-order chi connectivity index (χ0) is 13.0. The molecule has 92 valence electrons. The Hall–Kier alpha value is -1.50. The molecule has 0 saturated heterocycles. The number of nitrogens with zero attached hydrogens (tertiary/aromatic N) is 2. The van der Waals surface area contributed by atoms with E-state index in [0.29, 0.717) is 5.56 Å². The zero-order valence-electron chi connectivity index (χ0n) is 9.08. The van der Waals surface area contributed by atoms with Crippen molar-refractivity contribution in [2.45, 2.75) is 18.9 Å². The molecule has 0 N–H and O–H groups in total. The lowest BCUT2D eigenvalue weighted by Crippen LogP contribution is -2.29. The van der Waals surface area contributed by atoms with E-state index in [-0.39, 0.29) is 0 Å². The fraction of sp³-hybridized carbons (Fsp3) is 0.400. The molecule has 0 spiro atoms. The normalized spacial score (nSPS) is 14.0. The lowest BCUT2D eigenvalue weighted by molar-refractivity contribution is -0.543. The van der Waals surface area contributed by atoms with Crippen LogP contribution in [0, 0.1) is 20.2 Å². The molecule has 1 rings (SSSR count). The van der Waals surface area contributed by atoms with E-state index in [2.05, 4.69) is 15.9 Å². The van der Waals surface area contributed by atoms with Gasteiger partial charge in [-0.25, -0.2) is 0 Å². The molecule has 0 amide bonds. The van der Waals surface area contributed by atoms with Crippen LogP contribution in [0.4, 0.5) is 0 Å². The van der Waals surface area contributed by atoms with Crippen molar-refractivity contribution in [3.05, 3.63) is 54.5 Å². The molecule has 17 heavy (non-hydrogen) atoms. The number of hydrogen-bond donors (Lipinski definition) is 0. The molecule has 0 unspecified atom stereocenters. The number of nitro groups is 2. The van der Waals surface area contributed by atoms with Gasteiger partial charge in [0.1, 0.15) is 5.92 Å². The van der Waals surface area contributed by atoms with E-state index >= 15 is 0 Å².